The molecular weight excluding hydrogens is 172 g/mol. The Hall–Kier alpha value is -1.37. The summed E-state index contributed by atoms with van der Waals surface area (Å²) in [4.78, 5) is 11.2. The molecule has 0 aromatic heterocycles. The van der Waals surface area contributed by atoms with Crippen LogP contribution in [-0.4, -0.2) is 5.78 Å². The summed E-state index contributed by atoms with van der Waals surface area (Å²) in [7, 11) is 0. The van der Waals surface area contributed by atoms with Crippen LogP contribution < -0.4 is 0 Å². The molecular formula is C13H14O. The van der Waals surface area contributed by atoms with Crippen molar-refractivity contribution in [2.75, 3.05) is 0 Å². The Morgan fingerprint density at radius 2 is 2.14 bits per heavy atom. The van der Waals surface area contributed by atoms with Gasteiger partial charge in [0.2, 0.25) is 0 Å². The van der Waals surface area contributed by atoms with Crippen LogP contribution in [0, 0.1) is 0 Å². The van der Waals surface area contributed by atoms with Crippen molar-refractivity contribution < 1.29 is 4.79 Å². The van der Waals surface area contributed by atoms with Crippen molar-refractivity contribution in [3.8, 4) is 0 Å². The highest BCUT2D eigenvalue weighted by Crippen LogP contribution is 2.22. The molecule has 0 amide bonds. The van der Waals surface area contributed by atoms with Crippen LogP contribution in [0.4, 0.5) is 0 Å². The summed E-state index contributed by atoms with van der Waals surface area (Å²) in [6.45, 7) is 3.48. The highest BCUT2D eigenvalue weighted by Gasteiger charge is 2.11. The molecule has 2 rings (SSSR count). The van der Waals surface area contributed by atoms with Crippen LogP contribution in [-0.2, 0) is 24.1 Å². The van der Waals surface area contributed by atoms with Crippen LogP contribution in [0.25, 0.3) is 0 Å². The summed E-state index contributed by atoms with van der Waals surface area (Å²) in [6, 6.07) is 6.39. The van der Waals surface area contributed by atoms with Crippen molar-refractivity contribution in [3.63, 3.8) is 0 Å². The SMILES string of the molecule is C=CC(=O)Cc1ccc2c(c1)CCC2. The van der Waals surface area contributed by atoms with E-state index in [9.17, 15) is 4.79 Å². The molecule has 0 saturated carbocycles. The summed E-state index contributed by atoms with van der Waals surface area (Å²) in [5.74, 6) is 0.1000. The van der Waals surface area contributed by atoms with Crippen molar-refractivity contribution in [1.82, 2.24) is 0 Å². The zero-order chi connectivity index (χ0) is 9.97. The first-order valence-electron chi connectivity index (χ1n) is 5.05. The highest BCUT2D eigenvalue weighted by atomic mass is 16.1. The van der Waals surface area contributed by atoms with Gasteiger partial charge in [0.15, 0.2) is 5.78 Å². The standard InChI is InChI=1S/C13H14O/c1-2-13(14)9-10-6-7-11-4-3-5-12(11)8-10/h2,6-8H,1,3-5,9H2. The summed E-state index contributed by atoms with van der Waals surface area (Å²) >= 11 is 0. The fourth-order valence-electron chi connectivity index (χ4n) is 2.01. The number of ketones is 1. The predicted molar refractivity (Wildman–Crippen MR) is 57.4 cm³/mol. The smallest absolute Gasteiger partial charge is 0.159 e. The number of aryl methyl sites for hydroxylation is 2. The van der Waals surface area contributed by atoms with E-state index in [0.29, 0.717) is 6.42 Å². The van der Waals surface area contributed by atoms with Gasteiger partial charge in [-0.05, 0) is 42.0 Å². The monoisotopic (exact) mass is 186 g/mol. The first kappa shape index (κ1) is 9.20. The van der Waals surface area contributed by atoms with E-state index in [1.165, 1.54) is 36.5 Å². The maximum Gasteiger partial charge on any atom is 0.159 e. The van der Waals surface area contributed by atoms with Gasteiger partial charge in [-0.1, -0.05) is 24.8 Å². The lowest BCUT2D eigenvalue weighted by atomic mass is 10.0. The highest BCUT2D eigenvalue weighted by molar-refractivity contribution is 5.90. The average Bonchev–Trinajstić information content (AvgIpc) is 2.64. The van der Waals surface area contributed by atoms with Crippen molar-refractivity contribution in [2.45, 2.75) is 25.7 Å². The van der Waals surface area contributed by atoms with Gasteiger partial charge in [0.05, 0.1) is 0 Å². The number of rotatable bonds is 3. The third-order valence-electron chi connectivity index (χ3n) is 2.77. The molecule has 1 aromatic rings. The molecule has 72 valence electrons. The van der Waals surface area contributed by atoms with Crippen LogP contribution in [0.1, 0.15) is 23.1 Å². The van der Waals surface area contributed by atoms with Crippen LogP contribution in [0.3, 0.4) is 0 Å². The Balaban J connectivity index is 2.20. The zero-order valence-electron chi connectivity index (χ0n) is 8.25. The number of carbonyl (C=O) groups is 1. The lowest BCUT2D eigenvalue weighted by molar-refractivity contribution is -0.114. The van der Waals surface area contributed by atoms with E-state index < -0.39 is 0 Å². The predicted octanol–water partition coefficient (Wildman–Crippen LogP) is 2.47. The number of allylic oxidation sites excluding steroid dienone is 1. The molecule has 14 heavy (non-hydrogen) atoms. The van der Waals surface area contributed by atoms with Gasteiger partial charge in [0.1, 0.15) is 0 Å². The first-order chi connectivity index (χ1) is 6.79. The summed E-state index contributed by atoms with van der Waals surface area (Å²) in [5.41, 5.74) is 4.01. The minimum absolute atomic E-state index is 0.1000. The van der Waals surface area contributed by atoms with E-state index in [4.69, 9.17) is 0 Å². The topological polar surface area (TPSA) is 17.1 Å². The van der Waals surface area contributed by atoms with Crippen LogP contribution in [0.5, 0.6) is 0 Å². The van der Waals surface area contributed by atoms with E-state index in [2.05, 4.69) is 24.8 Å². The van der Waals surface area contributed by atoms with E-state index in [1.54, 1.807) is 0 Å². The molecule has 1 aliphatic rings. The Kier molecular flexibility index (Phi) is 2.49. The quantitative estimate of drug-likeness (QED) is 0.663. The number of carbonyl (C=O) groups excluding carboxylic acids is 1. The molecule has 0 heterocycles. The van der Waals surface area contributed by atoms with Gasteiger partial charge in [0, 0.05) is 6.42 Å². The van der Waals surface area contributed by atoms with E-state index in [0.717, 1.165) is 5.56 Å². The van der Waals surface area contributed by atoms with Gasteiger partial charge in [-0.2, -0.15) is 0 Å². The minimum Gasteiger partial charge on any atom is -0.295 e. The Bertz CT molecular complexity index is 377. The van der Waals surface area contributed by atoms with Gasteiger partial charge >= 0.3 is 0 Å². The largest absolute Gasteiger partial charge is 0.295 e. The summed E-state index contributed by atoms with van der Waals surface area (Å²) < 4.78 is 0. The van der Waals surface area contributed by atoms with Gasteiger partial charge in [-0.25, -0.2) is 0 Å². The summed E-state index contributed by atoms with van der Waals surface area (Å²) in [5, 5.41) is 0. The van der Waals surface area contributed by atoms with E-state index in [-0.39, 0.29) is 5.78 Å². The second kappa shape index (κ2) is 3.79. The van der Waals surface area contributed by atoms with Crippen LogP contribution >= 0.6 is 0 Å². The first-order valence-corrected chi connectivity index (χ1v) is 5.05. The maximum absolute atomic E-state index is 11.2. The molecule has 0 bridgehead atoms. The number of fused-ring (bicyclic) bond motifs is 1. The molecule has 1 heteroatoms. The van der Waals surface area contributed by atoms with Gasteiger partial charge < -0.3 is 0 Å². The second-order valence-corrected chi connectivity index (χ2v) is 3.80. The molecule has 1 aliphatic carbocycles. The molecule has 0 aliphatic heterocycles. The van der Waals surface area contributed by atoms with Crippen molar-refractivity contribution in [3.05, 3.63) is 47.5 Å². The lowest BCUT2D eigenvalue weighted by Gasteiger charge is -2.02. The Morgan fingerprint density at radius 1 is 1.36 bits per heavy atom. The molecule has 0 spiro atoms. The third kappa shape index (κ3) is 1.77. The molecule has 0 atom stereocenters. The van der Waals surface area contributed by atoms with Crippen molar-refractivity contribution in [1.29, 1.82) is 0 Å². The van der Waals surface area contributed by atoms with Crippen LogP contribution in [0.15, 0.2) is 30.9 Å². The number of hydrogen-bond acceptors (Lipinski definition) is 1. The fourth-order valence-corrected chi connectivity index (χ4v) is 2.01. The molecule has 0 radical (unpaired) electrons. The molecule has 0 fully saturated rings. The zero-order valence-corrected chi connectivity index (χ0v) is 8.25. The lowest BCUT2D eigenvalue weighted by Crippen LogP contribution is -1.98. The van der Waals surface area contributed by atoms with Crippen molar-refractivity contribution in [2.24, 2.45) is 0 Å². The van der Waals surface area contributed by atoms with E-state index in [1.807, 2.05) is 0 Å². The van der Waals surface area contributed by atoms with Gasteiger partial charge in [-0.3, -0.25) is 4.79 Å². The maximum atomic E-state index is 11.2. The minimum atomic E-state index is 0.1000. The van der Waals surface area contributed by atoms with Gasteiger partial charge in [0.25, 0.3) is 0 Å². The number of benzene rings is 1. The molecule has 0 saturated heterocycles. The Labute approximate surface area is 84.5 Å². The Morgan fingerprint density at radius 3 is 2.93 bits per heavy atom. The third-order valence-corrected chi connectivity index (χ3v) is 2.77. The summed E-state index contributed by atoms with van der Waals surface area (Å²) in [6.07, 6.45) is 5.52. The average molecular weight is 186 g/mol. The molecule has 1 aromatic carbocycles. The van der Waals surface area contributed by atoms with Crippen molar-refractivity contribution >= 4 is 5.78 Å². The second-order valence-electron chi connectivity index (χ2n) is 3.80. The van der Waals surface area contributed by atoms with Gasteiger partial charge in [-0.15, -0.1) is 0 Å². The molecule has 0 unspecified atom stereocenters. The fraction of sp³-hybridized carbons (Fsp3) is 0.308. The number of hydrogen-bond donors (Lipinski definition) is 0. The normalized spacial score (nSPS) is 13.7. The molecule has 1 nitrogen and oxygen atoms in total. The van der Waals surface area contributed by atoms with Crippen LogP contribution in [0.2, 0.25) is 0 Å². The molecule has 0 N–H and O–H groups in total. The van der Waals surface area contributed by atoms with E-state index >= 15 is 0 Å².